The lowest BCUT2D eigenvalue weighted by molar-refractivity contribution is -0.140. The van der Waals surface area contributed by atoms with Crippen LogP contribution in [0.2, 0.25) is 0 Å². The van der Waals surface area contributed by atoms with Gasteiger partial charge in [0.15, 0.2) is 0 Å². The third kappa shape index (κ3) is 13.3. The molecule has 1 aromatic carbocycles. The molecule has 0 radical (unpaired) electrons. The highest BCUT2D eigenvalue weighted by Gasteiger charge is 2.29. The molecule has 1 aliphatic heterocycles. The topological polar surface area (TPSA) is 52.6 Å². The van der Waals surface area contributed by atoms with Crippen LogP contribution >= 0.6 is 23.5 Å². The van der Waals surface area contributed by atoms with E-state index in [9.17, 15) is 9.59 Å². The van der Waals surface area contributed by atoms with Gasteiger partial charge in [-0.15, -0.1) is 23.5 Å². The van der Waals surface area contributed by atoms with E-state index in [-0.39, 0.29) is 16.0 Å². The zero-order valence-electron chi connectivity index (χ0n) is 22.3. The Labute approximate surface area is 232 Å². The second-order valence-corrected chi connectivity index (χ2v) is 12.0. The van der Waals surface area contributed by atoms with Gasteiger partial charge in [0.25, 0.3) is 0 Å². The Morgan fingerprint density at radius 2 is 1.76 bits per heavy atom. The van der Waals surface area contributed by atoms with Gasteiger partial charge in [0.1, 0.15) is 6.10 Å². The summed E-state index contributed by atoms with van der Waals surface area (Å²) in [6.07, 6.45) is 25.3. The van der Waals surface area contributed by atoms with Crippen molar-refractivity contribution < 1.29 is 19.1 Å². The molecule has 1 saturated heterocycles. The lowest BCUT2D eigenvalue weighted by atomic mass is 10.1. The average molecular weight is 543 g/mol. The molecular weight excluding hydrogens is 500 g/mol. The highest BCUT2D eigenvalue weighted by Crippen LogP contribution is 2.46. The Balaban J connectivity index is 1.94. The second-order valence-electron chi connectivity index (χ2n) is 8.94. The van der Waals surface area contributed by atoms with Crippen molar-refractivity contribution >= 4 is 35.5 Å². The van der Waals surface area contributed by atoms with Crippen molar-refractivity contribution in [2.24, 2.45) is 0 Å². The van der Waals surface area contributed by atoms with Crippen molar-refractivity contribution in [3.05, 3.63) is 84.5 Å². The van der Waals surface area contributed by atoms with E-state index in [4.69, 9.17) is 9.47 Å². The fourth-order valence-corrected chi connectivity index (χ4v) is 6.85. The molecule has 0 aliphatic carbocycles. The van der Waals surface area contributed by atoms with Crippen LogP contribution in [-0.2, 0) is 14.3 Å². The maximum atomic E-state index is 12.5. The molecule has 1 heterocycles. The van der Waals surface area contributed by atoms with Crippen LogP contribution in [0.4, 0.5) is 0 Å². The molecule has 1 fully saturated rings. The van der Waals surface area contributed by atoms with Crippen LogP contribution in [0.25, 0.3) is 0 Å². The van der Waals surface area contributed by atoms with Gasteiger partial charge in [0.2, 0.25) is 0 Å². The standard InChI is InChI=1S/C31H42O4S2/c1-3-4-5-6-8-14-23-31(36-25-17-26-37-31)24-15-9-7-13-20-28(21-16-22-29(32)34-2)35-30(33)27-18-11-10-12-19-27/h7-15,18-20,24,28H,3-6,16-17,21-23,25-26H2,1-2H3/b9-7+,14-8-,20-13-,24-15+/t28-/m1/s1. The third-order valence-electron chi connectivity index (χ3n) is 5.90. The minimum atomic E-state index is -0.417. The Kier molecular flexibility index (Phi) is 15.9. The van der Waals surface area contributed by atoms with Crippen LogP contribution in [0.5, 0.6) is 0 Å². The van der Waals surface area contributed by atoms with Gasteiger partial charge in [-0.2, -0.15) is 0 Å². The predicted molar refractivity (Wildman–Crippen MR) is 159 cm³/mol. The molecule has 1 aliphatic rings. The molecule has 2 rings (SSSR count). The van der Waals surface area contributed by atoms with Crippen LogP contribution in [0.1, 0.15) is 75.1 Å². The van der Waals surface area contributed by atoms with Crippen LogP contribution < -0.4 is 0 Å². The fourth-order valence-electron chi connectivity index (χ4n) is 3.79. The monoisotopic (exact) mass is 542 g/mol. The van der Waals surface area contributed by atoms with Crippen molar-refractivity contribution in [1.82, 2.24) is 0 Å². The number of carbonyl (C=O) groups is 2. The fraction of sp³-hybridized carbons (Fsp3) is 0.484. The molecule has 0 unspecified atom stereocenters. The minimum Gasteiger partial charge on any atom is -0.469 e. The molecule has 0 N–H and O–H groups in total. The minimum absolute atomic E-state index is 0.106. The number of hydrogen-bond donors (Lipinski definition) is 0. The van der Waals surface area contributed by atoms with Gasteiger partial charge in [0, 0.05) is 6.42 Å². The van der Waals surface area contributed by atoms with Crippen molar-refractivity contribution in [1.29, 1.82) is 0 Å². The van der Waals surface area contributed by atoms with Gasteiger partial charge >= 0.3 is 11.9 Å². The molecule has 1 aromatic rings. The van der Waals surface area contributed by atoms with E-state index in [1.165, 1.54) is 50.7 Å². The normalized spacial score (nSPS) is 16.6. The number of hydrogen-bond acceptors (Lipinski definition) is 6. The number of benzene rings is 1. The van der Waals surface area contributed by atoms with Gasteiger partial charge in [-0.3, -0.25) is 4.79 Å². The summed E-state index contributed by atoms with van der Waals surface area (Å²) >= 11 is 4.09. The summed E-state index contributed by atoms with van der Waals surface area (Å²) in [7, 11) is 1.38. The van der Waals surface area contributed by atoms with Gasteiger partial charge in [-0.25, -0.2) is 4.79 Å². The maximum Gasteiger partial charge on any atom is 0.338 e. The summed E-state index contributed by atoms with van der Waals surface area (Å²) in [5.41, 5.74) is 0.513. The first kappa shape index (κ1) is 31.0. The number of esters is 2. The summed E-state index contributed by atoms with van der Waals surface area (Å²) in [6, 6.07) is 8.96. The number of unbranched alkanes of at least 4 members (excludes halogenated alkanes) is 3. The third-order valence-corrected chi connectivity index (χ3v) is 9.17. The van der Waals surface area contributed by atoms with Gasteiger partial charge < -0.3 is 9.47 Å². The number of thioether (sulfide) groups is 2. The van der Waals surface area contributed by atoms with Gasteiger partial charge in [0.05, 0.1) is 16.8 Å². The zero-order chi connectivity index (χ0) is 26.6. The van der Waals surface area contributed by atoms with E-state index in [1.807, 2.05) is 66.0 Å². The molecule has 0 saturated carbocycles. The molecular formula is C31H42O4S2. The van der Waals surface area contributed by atoms with E-state index >= 15 is 0 Å². The molecule has 4 nitrogen and oxygen atoms in total. The Morgan fingerprint density at radius 3 is 2.49 bits per heavy atom. The van der Waals surface area contributed by atoms with Gasteiger partial charge in [-0.05, 0) is 68.2 Å². The zero-order valence-corrected chi connectivity index (χ0v) is 23.9. The number of carbonyl (C=O) groups excluding carboxylic acids is 2. The summed E-state index contributed by atoms with van der Waals surface area (Å²) in [6.45, 7) is 2.24. The van der Waals surface area contributed by atoms with Crippen molar-refractivity contribution in [3.8, 4) is 0 Å². The van der Waals surface area contributed by atoms with Gasteiger partial charge in [-0.1, -0.05) is 80.5 Å². The first-order valence-corrected chi connectivity index (χ1v) is 15.3. The lowest BCUT2D eigenvalue weighted by Crippen LogP contribution is -2.21. The molecule has 37 heavy (non-hydrogen) atoms. The van der Waals surface area contributed by atoms with Crippen molar-refractivity contribution in [2.45, 2.75) is 74.9 Å². The summed E-state index contributed by atoms with van der Waals surface area (Å²) < 4.78 is 10.5. The first-order chi connectivity index (χ1) is 18.1. The van der Waals surface area contributed by atoms with Crippen LogP contribution in [0, 0.1) is 0 Å². The van der Waals surface area contributed by atoms with Crippen LogP contribution in [-0.4, -0.2) is 40.7 Å². The Morgan fingerprint density at radius 1 is 1.00 bits per heavy atom. The Bertz CT molecular complexity index is 899. The number of allylic oxidation sites excluding steroid dienone is 6. The number of ether oxygens (including phenoxy) is 2. The molecule has 0 aromatic heterocycles. The summed E-state index contributed by atoms with van der Waals surface area (Å²) in [5, 5.41) is 0. The summed E-state index contributed by atoms with van der Waals surface area (Å²) in [5.74, 6) is 1.77. The average Bonchev–Trinajstić information content (AvgIpc) is 2.93. The predicted octanol–water partition coefficient (Wildman–Crippen LogP) is 8.32. The molecule has 1 atom stereocenters. The van der Waals surface area contributed by atoms with E-state index < -0.39 is 6.10 Å². The highest BCUT2D eigenvalue weighted by molar-refractivity contribution is 8.19. The van der Waals surface area contributed by atoms with Crippen molar-refractivity contribution in [3.63, 3.8) is 0 Å². The smallest absolute Gasteiger partial charge is 0.338 e. The summed E-state index contributed by atoms with van der Waals surface area (Å²) in [4.78, 5) is 24.0. The first-order valence-electron chi connectivity index (χ1n) is 13.4. The SMILES string of the molecule is CCCCC/C=C\CC1(/C=C/C=C/C=C\[C@H](CCCC(=O)OC)OC(=O)c2ccccc2)SCCCS1. The lowest BCUT2D eigenvalue weighted by Gasteiger charge is -2.32. The molecule has 0 spiro atoms. The number of methoxy groups -OCH3 is 1. The molecule has 6 heteroatoms. The highest BCUT2D eigenvalue weighted by atomic mass is 32.2. The van der Waals surface area contributed by atoms with E-state index in [2.05, 4.69) is 31.2 Å². The van der Waals surface area contributed by atoms with E-state index in [0.29, 0.717) is 24.8 Å². The molecule has 0 bridgehead atoms. The second kappa shape index (κ2) is 19.0. The number of rotatable bonds is 16. The van der Waals surface area contributed by atoms with E-state index in [0.717, 1.165) is 6.42 Å². The maximum absolute atomic E-state index is 12.5. The largest absolute Gasteiger partial charge is 0.469 e. The molecule has 0 amide bonds. The van der Waals surface area contributed by atoms with Crippen LogP contribution in [0.3, 0.4) is 0 Å². The Hall–Kier alpha value is -2.18. The van der Waals surface area contributed by atoms with Crippen molar-refractivity contribution in [2.75, 3.05) is 18.6 Å². The van der Waals surface area contributed by atoms with E-state index in [1.54, 1.807) is 12.1 Å². The molecule has 202 valence electrons. The van der Waals surface area contributed by atoms with Crippen LogP contribution in [0.15, 0.2) is 78.9 Å². The quantitative estimate of drug-likeness (QED) is 0.0906.